The molecule has 0 radical (unpaired) electrons. The van der Waals surface area contributed by atoms with Crippen molar-refractivity contribution >= 4 is 18.3 Å². The highest BCUT2D eigenvalue weighted by molar-refractivity contribution is 5.85. The molecule has 1 unspecified atom stereocenters. The van der Waals surface area contributed by atoms with Gasteiger partial charge in [-0.3, -0.25) is 9.69 Å². The lowest BCUT2D eigenvalue weighted by Gasteiger charge is -2.50. The fourth-order valence-corrected chi connectivity index (χ4v) is 5.26. The van der Waals surface area contributed by atoms with Gasteiger partial charge < -0.3 is 15.0 Å². The van der Waals surface area contributed by atoms with Crippen LogP contribution in [0.4, 0.5) is 0 Å². The fraction of sp³-hybridized carbons (Fsp3) is 0.944. The number of nitrogens with zero attached hydrogens (tertiary/aromatic N) is 2. The summed E-state index contributed by atoms with van der Waals surface area (Å²) in [6, 6.07) is 0.788. The van der Waals surface area contributed by atoms with Gasteiger partial charge >= 0.3 is 0 Å². The molecule has 24 heavy (non-hydrogen) atoms. The molecular weight excluding hydrogens is 326 g/mol. The molecule has 0 spiro atoms. The normalized spacial score (nSPS) is 38.7. The van der Waals surface area contributed by atoms with E-state index in [2.05, 4.69) is 22.0 Å². The summed E-state index contributed by atoms with van der Waals surface area (Å²) in [5.74, 6) is 0.236. The van der Waals surface area contributed by atoms with E-state index < -0.39 is 0 Å². The van der Waals surface area contributed by atoms with Gasteiger partial charge in [-0.25, -0.2) is 0 Å². The van der Waals surface area contributed by atoms with Crippen molar-refractivity contribution in [3.8, 4) is 0 Å². The minimum atomic E-state index is 0. The van der Waals surface area contributed by atoms with Crippen LogP contribution in [0.25, 0.3) is 0 Å². The Bertz CT molecular complexity index is 448. The largest absolute Gasteiger partial charge is 0.366 e. The van der Waals surface area contributed by atoms with E-state index in [0.717, 1.165) is 51.9 Å². The zero-order valence-corrected chi connectivity index (χ0v) is 15.7. The van der Waals surface area contributed by atoms with E-state index in [1.54, 1.807) is 0 Å². The van der Waals surface area contributed by atoms with Crippen molar-refractivity contribution in [2.24, 2.45) is 0 Å². The lowest BCUT2D eigenvalue weighted by molar-refractivity contribution is -0.167. The van der Waals surface area contributed by atoms with Gasteiger partial charge in [0.05, 0.1) is 12.1 Å². The predicted molar refractivity (Wildman–Crippen MR) is 96.6 cm³/mol. The summed E-state index contributed by atoms with van der Waals surface area (Å²) in [6.45, 7) is 7.21. The van der Waals surface area contributed by atoms with Gasteiger partial charge in [0.2, 0.25) is 5.91 Å². The smallest absolute Gasteiger partial charge is 0.249 e. The average Bonchev–Trinajstić information content (AvgIpc) is 3.03. The number of amides is 1. The van der Waals surface area contributed by atoms with Gasteiger partial charge in [-0.2, -0.15) is 0 Å². The van der Waals surface area contributed by atoms with Crippen LogP contribution in [-0.4, -0.2) is 72.2 Å². The molecular formula is C18H32ClN3O2. The second-order valence-electron chi connectivity index (χ2n) is 8.14. The average molecular weight is 358 g/mol. The first-order chi connectivity index (χ1) is 11.2. The highest BCUT2D eigenvalue weighted by atomic mass is 35.5. The molecule has 1 saturated carbocycles. The van der Waals surface area contributed by atoms with E-state index in [4.69, 9.17) is 4.74 Å². The number of piperidine rings is 1. The van der Waals surface area contributed by atoms with Gasteiger partial charge in [-0.1, -0.05) is 12.8 Å². The Hall–Kier alpha value is -0.360. The summed E-state index contributed by atoms with van der Waals surface area (Å²) in [7, 11) is 0. The maximum absolute atomic E-state index is 12.5. The standard InChI is InChI=1S/C18H31N3O2.ClH/c1-18(8-9-19-13-18)20-10-6-14(7-11-20)21-15-4-2-3-5-16(15)23-12-17(21)22;/h14-16,19H,2-13H2,1H3;1H/t15-,16-,18?;/m0./s1. The van der Waals surface area contributed by atoms with Gasteiger partial charge in [0.15, 0.2) is 0 Å². The molecule has 1 amide bonds. The number of hydrogen-bond acceptors (Lipinski definition) is 4. The monoisotopic (exact) mass is 357 g/mol. The van der Waals surface area contributed by atoms with E-state index >= 15 is 0 Å². The van der Waals surface area contributed by atoms with E-state index in [-0.39, 0.29) is 18.3 Å². The lowest BCUT2D eigenvalue weighted by atomic mass is 9.87. The Morgan fingerprint density at radius 3 is 2.62 bits per heavy atom. The van der Waals surface area contributed by atoms with Gasteiger partial charge in [0.25, 0.3) is 0 Å². The molecule has 1 aliphatic carbocycles. The van der Waals surface area contributed by atoms with Crippen LogP contribution in [0.2, 0.25) is 0 Å². The molecule has 0 aromatic carbocycles. The highest BCUT2D eigenvalue weighted by Gasteiger charge is 2.44. The van der Waals surface area contributed by atoms with Crippen LogP contribution in [0.5, 0.6) is 0 Å². The van der Waals surface area contributed by atoms with Crippen LogP contribution < -0.4 is 5.32 Å². The van der Waals surface area contributed by atoms with Crippen LogP contribution in [0, 0.1) is 0 Å². The van der Waals surface area contributed by atoms with Crippen LogP contribution >= 0.6 is 12.4 Å². The summed E-state index contributed by atoms with van der Waals surface area (Å²) in [5, 5.41) is 3.51. The van der Waals surface area contributed by atoms with Crippen LogP contribution in [-0.2, 0) is 9.53 Å². The van der Waals surface area contributed by atoms with Crippen LogP contribution in [0.3, 0.4) is 0 Å². The summed E-state index contributed by atoms with van der Waals surface area (Å²) in [4.78, 5) is 17.4. The fourth-order valence-electron chi connectivity index (χ4n) is 5.26. The van der Waals surface area contributed by atoms with Crippen molar-refractivity contribution in [3.05, 3.63) is 0 Å². The summed E-state index contributed by atoms with van der Waals surface area (Å²) in [5.41, 5.74) is 0.327. The molecule has 3 heterocycles. The number of morpholine rings is 1. The molecule has 6 heteroatoms. The minimum absolute atomic E-state index is 0. The Morgan fingerprint density at radius 1 is 1.17 bits per heavy atom. The summed E-state index contributed by atoms with van der Waals surface area (Å²) >= 11 is 0. The highest BCUT2D eigenvalue weighted by Crippen LogP contribution is 2.34. The number of carbonyl (C=O) groups excluding carboxylic acids is 1. The lowest BCUT2D eigenvalue weighted by Crippen LogP contribution is -2.62. The molecule has 4 fully saturated rings. The van der Waals surface area contributed by atoms with E-state index in [1.165, 1.54) is 19.3 Å². The van der Waals surface area contributed by atoms with E-state index in [0.29, 0.717) is 30.3 Å². The summed E-state index contributed by atoms with van der Waals surface area (Å²) < 4.78 is 5.82. The van der Waals surface area contributed by atoms with Crippen molar-refractivity contribution in [1.29, 1.82) is 0 Å². The van der Waals surface area contributed by atoms with Crippen molar-refractivity contribution < 1.29 is 9.53 Å². The molecule has 5 nitrogen and oxygen atoms in total. The number of nitrogens with one attached hydrogen (secondary N) is 1. The van der Waals surface area contributed by atoms with Gasteiger partial charge in [0, 0.05) is 31.2 Å². The first kappa shape index (κ1) is 18.4. The Kier molecular flexibility index (Phi) is 5.75. The topological polar surface area (TPSA) is 44.8 Å². The van der Waals surface area contributed by atoms with Crippen LogP contribution in [0.1, 0.15) is 51.9 Å². The van der Waals surface area contributed by atoms with Gasteiger partial charge in [-0.05, 0) is 45.6 Å². The van der Waals surface area contributed by atoms with Crippen molar-refractivity contribution in [3.63, 3.8) is 0 Å². The zero-order chi connectivity index (χ0) is 15.9. The third-order valence-electron chi connectivity index (χ3n) is 6.70. The maximum atomic E-state index is 12.5. The van der Waals surface area contributed by atoms with E-state index in [9.17, 15) is 4.79 Å². The number of fused-ring (bicyclic) bond motifs is 1. The third kappa shape index (κ3) is 3.33. The van der Waals surface area contributed by atoms with Crippen molar-refractivity contribution in [2.45, 2.75) is 75.6 Å². The Labute approximate surface area is 151 Å². The third-order valence-corrected chi connectivity index (χ3v) is 6.70. The Morgan fingerprint density at radius 2 is 1.92 bits per heavy atom. The predicted octanol–water partition coefficient (Wildman–Crippen LogP) is 1.79. The number of carbonyl (C=O) groups is 1. The molecule has 4 aliphatic rings. The molecule has 0 aromatic rings. The number of halogens is 1. The second kappa shape index (κ2) is 7.48. The van der Waals surface area contributed by atoms with Gasteiger partial charge in [-0.15, -0.1) is 12.4 Å². The molecule has 138 valence electrons. The Balaban J connectivity index is 0.00000169. The van der Waals surface area contributed by atoms with E-state index in [1.807, 2.05) is 0 Å². The number of hydrogen-bond donors (Lipinski definition) is 1. The summed E-state index contributed by atoms with van der Waals surface area (Å²) in [6.07, 6.45) is 8.59. The second-order valence-corrected chi connectivity index (χ2v) is 8.14. The molecule has 0 aromatic heterocycles. The first-order valence-corrected chi connectivity index (χ1v) is 9.56. The van der Waals surface area contributed by atoms with Crippen molar-refractivity contribution in [2.75, 3.05) is 32.8 Å². The molecule has 4 rings (SSSR count). The number of ether oxygens (including phenoxy) is 1. The molecule has 3 saturated heterocycles. The molecule has 0 bridgehead atoms. The molecule has 3 aliphatic heterocycles. The first-order valence-electron chi connectivity index (χ1n) is 9.56. The maximum Gasteiger partial charge on any atom is 0.249 e. The molecule has 1 N–H and O–H groups in total. The zero-order valence-electron chi connectivity index (χ0n) is 14.8. The van der Waals surface area contributed by atoms with Crippen molar-refractivity contribution in [1.82, 2.24) is 15.1 Å². The minimum Gasteiger partial charge on any atom is -0.366 e. The SMILES string of the molecule is CC1(N2CCC(N3C(=O)CO[C@H]4CCCC[C@@H]43)CC2)CCNC1.Cl. The molecule has 3 atom stereocenters. The quantitative estimate of drug-likeness (QED) is 0.818. The number of likely N-dealkylation sites (tertiary alicyclic amines) is 1. The van der Waals surface area contributed by atoms with Gasteiger partial charge in [0.1, 0.15) is 6.61 Å². The number of rotatable bonds is 2. The van der Waals surface area contributed by atoms with Crippen LogP contribution in [0.15, 0.2) is 0 Å².